The van der Waals surface area contributed by atoms with Gasteiger partial charge in [0.2, 0.25) is 0 Å². The Bertz CT molecular complexity index is 1170. The van der Waals surface area contributed by atoms with Crippen LogP contribution in [0.1, 0.15) is 17.8 Å². The van der Waals surface area contributed by atoms with Gasteiger partial charge in [0.15, 0.2) is 0 Å². The smallest absolute Gasteiger partial charge is 0.406 e. The summed E-state index contributed by atoms with van der Waals surface area (Å²) in [4.78, 5) is 2.34. The van der Waals surface area contributed by atoms with Crippen molar-refractivity contribution < 1.29 is 35.2 Å². The molecule has 1 aliphatic heterocycles. The van der Waals surface area contributed by atoms with Crippen LogP contribution < -0.4 is 4.74 Å². The molecule has 184 valence electrons. The summed E-state index contributed by atoms with van der Waals surface area (Å²) in [6.45, 7) is 2.85. The van der Waals surface area contributed by atoms with Crippen LogP contribution >= 0.6 is 0 Å². The van der Waals surface area contributed by atoms with Crippen molar-refractivity contribution in [2.24, 2.45) is 0 Å². The highest BCUT2D eigenvalue weighted by Gasteiger charge is 2.31. The Kier molecular flexibility index (Phi) is 7.12. The highest BCUT2D eigenvalue weighted by molar-refractivity contribution is 7.85. The molecular formula is C22H24F3N3O5S. The summed E-state index contributed by atoms with van der Waals surface area (Å²) in [6.07, 6.45) is 3.07. The predicted octanol–water partition coefficient (Wildman–Crippen LogP) is 3.29. The third-order valence-corrected chi connectivity index (χ3v) is 5.93. The number of rotatable bonds is 7. The van der Waals surface area contributed by atoms with Gasteiger partial charge in [-0.1, -0.05) is 18.2 Å². The van der Waals surface area contributed by atoms with Crippen LogP contribution in [-0.4, -0.2) is 68.1 Å². The first-order valence-electron chi connectivity index (χ1n) is 10.6. The zero-order chi connectivity index (χ0) is 24.3. The number of benzene rings is 1. The van der Waals surface area contributed by atoms with E-state index in [2.05, 4.69) is 26.9 Å². The monoisotopic (exact) mass is 499 g/mol. The number of halogens is 3. The Morgan fingerprint density at radius 1 is 1.18 bits per heavy atom. The number of alkyl halides is 3. The Hall–Kier alpha value is -2.67. The molecule has 1 aromatic heterocycles. The molecule has 12 heteroatoms. The van der Waals surface area contributed by atoms with Crippen molar-refractivity contribution in [3.05, 3.63) is 59.9 Å². The third kappa shape index (κ3) is 6.47. The predicted molar refractivity (Wildman–Crippen MR) is 118 cm³/mol. The van der Waals surface area contributed by atoms with Crippen molar-refractivity contribution in [3.63, 3.8) is 0 Å². The lowest BCUT2D eigenvalue weighted by Gasteiger charge is -2.33. The van der Waals surface area contributed by atoms with Gasteiger partial charge in [-0.15, -0.1) is 13.2 Å². The van der Waals surface area contributed by atoms with Crippen LogP contribution in [0.3, 0.4) is 0 Å². The van der Waals surface area contributed by atoms with Crippen molar-refractivity contribution in [2.75, 3.05) is 32.6 Å². The van der Waals surface area contributed by atoms with Crippen LogP contribution in [0.25, 0.3) is 11.3 Å². The number of morpholine rings is 1. The SMILES string of the molecule is CS(=O)(=O)OCc1cc(C2=CCC(N3CCOCC3)C=C2)n(-c2ccc(OC(F)(F)F)cc2)n1. The van der Waals surface area contributed by atoms with Gasteiger partial charge < -0.3 is 9.47 Å². The van der Waals surface area contributed by atoms with E-state index in [1.807, 2.05) is 6.08 Å². The number of hydrogen-bond acceptors (Lipinski definition) is 7. The molecule has 2 aliphatic rings. The summed E-state index contributed by atoms with van der Waals surface area (Å²) >= 11 is 0. The van der Waals surface area contributed by atoms with Crippen LogP contribution in [0.2, 0.25) is 0 Å². The summed E-state index contributed by atoms with van der Waals surface area (Å²) in [5.74, 6) is -0.351. The van der Waals surface area contributed by atoms with Crippen LogP contribution in [0, 0.1) is 0 Å². The molecule has 0 N–H and O–H groups in total. The van der Waals surface area contributed by atoms with Gasteiger partial charge in [0, 0.05) is 19.1 Å². The summed E-state index contributed by atoms with van der Waals surface area (Å²) in [7, 11) is -3.67. The minimum absolute atomic E-state index is 0.246. The lowest BCUT2D eigenvalue weighted by molar-refractivity contribution is -0.274. The van der Waals surface area contributed by atoms with Crippen molar-refractivity contribution in [1.82, 2.24) is 14.7 Å². The van der Waals surface area contributed by atoms with E-state index in [4.69, 9.17) is 8.92 Å². The van der Waals surface area contributed by atoms with Gasteiger partial charge in [0.05, 0.1) is 36.5 Å². The zero-order valence-corrected chi connectivity index (χ0v) is 19.2. The van der Waals surface area contributed by atoms with E-state index >= 15 is 0 Å². The summed E-state index contributed by atoms with van der Waals surface area (Å²) in [5.41, 5.74) is 2.37. The average Bonchev–Trinajstić information content (AvgIpc) is 3.22. The Labute approximate surface area is 195 Å². The molecular weight excluding hydrogens is 475 g/mol. The second-order valence-corrected chi connectivity index (χ2v) is 9.55. The number of allylic oxidation sites excluding steroid dienone is 2. The largest absolute Gasteiger partial charge is 0.573 e. The fraction of sp³-hybridized carbons (Fsp3) is 0.409. The van der Waals surface area contributed by atoms with Crippen molar-refractivity contribution in [1.29, 1.82) is 0 Å². The molecule has 2 aromatic rings. The number of ether oxygens (including phenoxy) is 2. The van der Waals surface area contributed by atoms with Crippen molar-refractivity contribution >= 4 is 15.7 Å². The van der Waals surface area contributed by atoms with E-state index in [9.17, 15) is 21.6 Å². The van der Waals surface area contributed by atoms with Crippen LogP contribution in [0.4, 0.5) is 13.2 Å². The lowest BCUT2D eigenvalue weighted by atomic mass is 9.99. The minimum atomic E-state index is -4.79. The minimum Gasteiger partial charge on any atom is -0.406 e. The lowest BCUT2D eigenvalue weighted by Crippen LogP contribution is -2.42. The van der Waals surface area contributed by atoms with Crippen LogP contribution in [0.15, 0.2) is 48.6 Å². The van der Waals surface area contributed by atoms with Gasteiger partial charge in [-0.2, -0.15) is 13.5 Å². The fourth-order valence-corrected chi connectivity index (χ4v) is 4.17. The van der Waals surface area contributed by atoms with Crippen LogP contribution in [0.5, 0.6) is 5.75 Å². The maximum atomic E-state index is 12.5. The maximum Gasteiger partial charge on any atom is 0.573 e. The molecule has 34 heavy (non-hydrogen) atoms. The topological polar surface area (TPSA) is 82.9 Å². The third-order valence-electron chi connectivity index (χ3n) is 5.38. The van der Waals surface area contributed by atoms with Gasteiger partial charge in [-0.3, -0.25) is 9.08 Å². The van der Waals surface area contributed by atoms with Gasteiger partial charge in [-0.25, -0.2) is 4.68 Å². The van der Waals surface area contributed by atoms with E-state index in [0.717, 1.165) is 31.3 Å². The Morgan fingerprint density at radius 3 is 2.47 bits per heavy atom. The molecule has 0 spiro atoms. The Balaban J connectivity index is 1.60. The molecule has 4 rings (SSSR count). The highest BCUT2D eigenvalue weighted by Crippen LogP contribution is 2.29. The van der Waals surface area contributed by atoms with E-state index in [1.54, 1.807) is 10.7 Å². The molecule has 0 amide bonds. The van der Waals surface area contributed by atoms with E-state index in [0.29, 0.717) is 30.3 Å². The molecule has 0 bridgehead atoms. The number of nitrogens with zero attached hydrogens (tertiary/aromatic N) is 3. The molecule has 1 aliphatic carbocycles. The number of hydrogen-bond donors (Lipinski definition) is 0. The highest BCUT2D eigenvalue weighted by atomic mass is 32.2. The molecule has 0 radical (unpaired) electrons. The standard InChI is InChI=1S/C22H24F3N3O5S/c1-34(29,30)32-15-17-14-21(16-2-4-18(5-3-16)27-10-12-31-13-11-27)28(26-17)19-6-8-20(9-7-19)33-22(23,24)25/h2-4,6-9,14,18H,5,10-13,15H2,1H3. The quantitative estimate of drug-likeness (QED) is 0.541. The summed E-state index contributed by atoms with van der Waals surface area (Å²) in [6, 6.07) is 7.23. The first-order chi connectivity index (χ1) is 16.1. The molecule has 1 aromatic carbocycles. The van der Waals surface area contributed by atoms with Crippen LogP contribution in [-0.2, 0) is 25.6 Å². The fourth-order valence-electron chi connectivity index (χ4n) is 3.84. The summed E-state index contributed by atoms with van der Waals surface area (Å²) < 4.78 is 76.1. The first kappa shape index (κ1) is 24.5. The van der Waals surface area contributed by atoms with E-state index in [1.165, 1.54) is 24.3 Å². The van der Waals surface area contributed by atoms with E-state index < -0.39 is 16.5 Å². The Morgan fingerprint density at radius 2 is 1.88 bits per heavy atom. The second-order valence-electron chi connectivity index (χ2n) is 7.91. The molecule has 1 atom stereocenters. The number of aromatic nitrogens is 2. The van der Waals surface area contributed by atoms with Gasteiger partial charge >= 0.3 is 6.36 Å². The van der Waals surface area contributed by atoms with E-state index in [-0.39, 0.29) is 18.4 Å². The normalized spacial score (nSPS) is 19.8. The average molecular weight is 500 g/mol. The molecule has 2 heterocycles. The van der Waals surface area contributed by atoms with Gasteiger partial charge in [0.25, 0.3) is 10.1 Å². The molecule has 8 nitrogen and oxygen atoms in total. The summed E-state index contributed by atoms with van der Waals surface area (Å²) in [5, 5.41) is 4.43. The first-order valence-corrected chi connectivity index (χ1v) is 12.4. The molecule has 1 saturated heterocycles. The molecule has 1 fully saturated rings. The van der Waals surface area contributed by atoms with Gasteiger partial charge in [-0.05, 0) is 42.3 Å². The molecule has 0 saturated carbocycles. The second kappa shape index (κ2) is 9.90. The van der Waals surface area contributed by atoms with Crippen molar-refractivity contribution in [2.45, 2.75) is 25.4 Å². The van der Waals surface area contributed by atoms with Crippen molar-refractivity contribution in [3.8, 4) is 11.4 Å². The maximum absolute atomic E-state index is 12.5. The zero-order valence-electron chi connectivity index (χ0n) is 18.4. The molecule has 1 unspecified atom stereocenters. The van der Waals surface area contributed by atoms with Gasteiger partial charge in [0.1, 0.15) is 12.4 Å².